The minimum Gasteiger partial charge on any atom is -0.349 e. The number of rotatable bonds is 5. The Morgan fingerprint density at radius 1 is 1.26 bits per heavy atom. The van der Waals surface area contributed by atoms with Gasteiger partial charge in [0.15, 0.2) is 0 Å². The highest BCUT2D eigenvalue weighted by Crippen LogP contribution is 2.18. The Labute approximate surface area is 134 Å². The first kappa shape index (κ1) is 16.9. The third-order valence-electron chi connectivity index (χ3n) is 3.94. The van der Waals surface area contributed by atoms with E-state index < -0.39 is 0 Å². The van der Waals surface area contributed by atoms with Gasteiger partial charge < -0.3 is 10.3 Å². The van der Waals surface area contributed by atoms with Crippen LogP contribution in [0, 0.1) is 20.8 Å². The summed E-state index contributed by atoms with van der Waals surface area (Å²) in [6.07, 6.45) is 0.664. The van der Waals surface area contributed by atoms with Crippen LogP contribution in [0.4, 0.5) is 0 Å². The molecule has 0 radical (unpaired) electrons. The number of hydrogen-bond donors (Lipinski definition) is 3. The molecule has 7 heteroatoms. The summed E-state index contributed by atoms with van der Waals surface area (Å²) >= 11 is 0. The largest absolute Gasteiger partial charge is 0.349 e. The van der Waals surface area contributed by atoms with Gasteiger partial charge in [-0.05, 0) is 27.7 Å². The van der Waals surface area contributed by atoms with Crippen LogP contribution in [0.15, 0.2) is 4.79 Å². The summed E-state index contributed by atoms with van der Waals surface area (Å²) < 4.78 is 0. The topological polar surface area (TPSA) is 104 Å². The van der Waals surface area contributed by atoms with Crippen LogP contribution in [0.3, 0.4) is 0 Å². The van der Waals surface area contributed by atoms with Gasteiger partial charge in [-0.1, -0.05) is 6.92 Å². The molecule has 2 aromatic rings. The standard InChI is InChI=1S/C16H23N5O2/c1-6-13-17-8(2)12(16(23)19-13)7-14(22)18-9(3)15-10(4)20-21-11(15)5/h9H,6-7H2,1-5H3,(H,18,22)(H,20,21)(H,17,19,23)/t9-/m1/s1. The van der Waals surface area contributed by atoms with E-state index in [9.17, 15) is 9.59 Å². The second-order valence-electron chi connectivity index (χ2n) is 5.74. The van der Waals surface area contributed by atoms with Gasteiger partial charge >= 0.3 is 0 Å². The van der Waals surface area contributed by atoms with Gasteiger partial charge in [-0.25, -0.2) is 4.98 Å². The van der Waals surface area contributed by atoms with Crippen LogP contribution < -0.4 is 10.9 Å². The van der Waals surface area contributed by atoms with Gasteiger partial charge in [0.2, 0.25) is 5.91 Å². The predicted molar refractivity (Wildman–Crippen MR) is 87.3 cm³/mol. The van der Waals surface area contributed by atoms with Crippen LogP contribution in [0.1, 0.15) is 53.9 Å². The lowest BCUT2D eigenvalue weighted by Gasteiger charge is -2.15. The van der Waals surface area contributed by atoms with Crippen LogP contribution in [-0.4, -0.2) is 26.1 Å². The van der Waals surface area contributed by atoms with Crippen molar-refractivity contribution in [1.29, 1.82) is 0 Å². The molecule has 124 valence electrons. The van der Waals surface area contributed by atoms with E-state index in [0.717, 1.165) is 17.0 Å². The van der Waals surface area contributed by atoms with Crippen LogP contribution >= 0.6 is 0 Å². The van der Waals surface area contributed by atoms with Crippen molar-refractivity contribution in [2.45, 2.75) is 53.5 Å². The van der Waals surface area contributed by atoms with Gasteiger partial charge in [0, 0.05) is 28.9 Å². The Kier molecular flexibility index (Phi) is 4.98. The van der Waals surface area contributed by atoms with E-state index >= 15 is 0 Å². The van der Waals surface area contributed by atoms with Gasteiger partial charge in [-0.2, -0.15) is 5.10 Å². The number of aryl methyl sites for hydroxylation is 4. The van der Waals surface area contributed by atoms with Crippen molar-refractivity contribution in [3.63, 3.8) is 0 Å². The molecule has 0 saturated heterocycles. The third-order valence-corrected chi connectivity index (χ3v) is 3.94. The fraction of sp³-hybridized carbons (Fsp3) is 0.500. The zero-order chi connectivity index (χ0) is 17.1. The quantitative estimate of drug-likeness (QED) is 0.775. The summed E-state index contributed by atoms with van der Waals surface area (Å²) in [4.78, 5) is 31.4. The summed E-state index contributed by atoms with van der Waals surface area (Å²) in [5.74, 6) is 0.423. The number of nitrogens with zero attached hydrogens (tertiary/aromatic N) is 2. The van der Waals surface area contributed by atoms with Gasteiger partial charge in [0.1, 0.15) is 5.82 Å². The van der Waals surface area contributed by atoms with Gasteiger partial charge in [0.25, 0.3) is 5.56 Å². The number of carbonyl (C=O) groups excluding carboxylic acids is 1. The lowest BCUT2D eigenvalue weighted by Crippen LogP contribution is -2.31. The molecule has 2 aromatic heterocycles. The van der Waals surface area contributed by atoms with Crippen LogP contribution in [0.2, 0.25) is 0 Å². The fourth-order valence-electron chi connectivity index (χ4n) is 2.77. The number of nitrogens with one attached hydrogen (secondary N) is 3. The number of aromatic nitrogens is 4. The normalized spacial score (nSPS) is 12.2. The van der Waals surface area contributed by atoms with E-state index in [1.54, 1.807) is 6.92 Å². The van der Waals surface area contributed by atoms with Crippen LogP contribution in [-0.2, 0) is 17.6 Å². The average Bonchev–Trinajstić information content (AvgIpc) is 2.81. The summed E-state index contributed by atoms with van der Waals surface area (Å²) in [6.45, 7) is 9.38. The number of amides is 1. The predicted octanol–water partition coefficient (Wildman–Crippen LogP) is 1.40. The van der Waals surface area contributed by atoms with Gasteiger partial charge in [-0.3, -0.25) is 14.7 Å². The molecule has 0 aliphatic carbocycles. The molecule has 23 heavy (non-hydrogen) atoms. The molecule has 1 amide bonds. The number of aromatic amines is 2. The molecule has 1 atom stereocenters. The van der Waals surface area contributed by atoms with E-state index in [2.05, 4.69) is 25.5 Å². The molecule has 0 saturated carbocycles. The monoisotopic (exact) mass is 317 g/mol. The smallest absolute Gasteiger partial charge is 0.254 e. The Balaban J connectivity index is 2.13. The Hall–Kier alpha value is -2.44. The van der Waals surface area contributed by atoms with E-state index in [0.29, 0.717) is 23.5 Å². The molecule has 0 aliphatic heterocycles. The maximum atomic E-state index is 12.3. The van der Waals surface area contributed by atoms with Crippen molar-refractivity contribution in [1.82, 2.24) is 25.5 Å². The number of H-pyrrole nitrogens is 2. The molecule has 0 aliphatic rings. The molecule has 7 nitrogen and oxygen atoms in total. The highest BCUT2D eigenvalue weighted by Gasteiger charge is 2.18. The minimum absolute atomic E-state index is 0.0123. The van der Waals surface area contributed by atoms with E-state index in [-0.39, 0.29) is 23.9 Å². The second kappa shape index (κ2) is 6.76. The summed E-state index contributed by atoms with van der Waals surface area (Å²) in [5.41, 5.74) is 3.53. The van der Waals surface area contributed by atoms with E-state index in [4.69, 9.17) is 0 Å². The first-order valence-electron chi connectivity index (χ1n) is 7.73. The molecule has 3 N–H and O–H groups in total. The first-order chi connectivity index (χ1) is 10.8. The van der Waals surface area contributed by atoms with Crippen molar-refractivity contribution in [3.8, 4) is 0 Å². The van der Waals surface area contributed by atoms with E-state index in [1.807, 2.05) is 27.7 Å². The van der Waals surface area contributed by atoms with Crippen molar-refractivity contribution in [2.24, 2.45) is 0 Å². The van der Waals surface area contributed by atoms with Crippen molar-refractivity contribution < 1.29 is 4.79 Å². The van der Waals surface area contributed by atoms with Crippen molar-refractivity contribution >= 4 is 5.91 Å². The maximum Gasteiger partial charge on any atom is 0.254 e. The third kappa shape index (κ3) is 3.67. The molecular formula is C16H23N5O2. The van der Waals surface area contributed by atoms with Crippen LogP contribution in [0.25, 0.3) is 0 Å². The lowest BCUT2D eigenvalue weighted by atomic mass is 10.1. The van der Waals surface area contributed by atoms with E-state index in [1.165, 1.54) is 0 Å². The molecule has 0 fully saturated rings. The molecule has 2 rings (SSSR count). The first-order valence-corrected chi connectivity index (χ1v) is 7.73. The summed E-state index contributed by atoms with van der Waals surface area (Å²) in [6, 6.07) is -0.177. The highest BCUT2D eigenvalue weighted by molar-refractivity contribution is 5.79. The Morgan fingerprint density at radius 3 is 2.48 bits per heavy atom. The zero-order valence-electron chi connectivity index (χ0n) is 14.2. The lowest BCUT2D eigenvalue weighted by molar-refractivity contribution is -0.121. The Bertz CT molecular complexity index is 756. The Morgan fingerprint density at radius 2 is 1.96 bits per heavy atom. The second-order valence-corrected chi connectivity index (χ2v) is 5.74. The molecular weight excluding hydrogens is 294 g/mol. The zero-order valence-corrected chi connectivity index (χ0v) is 14.2. The molecule has 0 bridgehead atoms. The summed E-state index contributed by atoms with van der Waals surface area (Å²) in [7, 11) is 0. The van der Waals surface area contributed by atoms with Crippen molar-refractivity contribution in [3.05, 3.63) is 44.4 Å². The highest BCUT2D eigenvalue weighted by atomic mass is 16.2. The maximum absolute atomic E-state index is 12.3. The van der Waals surface area contributed by atoms with Crippen molar-refractivity contribution in [2.75, 3.05) is 0 Å². The minimum atomic E-state index is -0.243. The average molecular weight is 317 g/mol. The molecule has 0 aromatic carbocycles. The molecule has 0 unspecified atom stereocenters. The van der Waals surface area contributed by atoms with Gasteiger partial charge in [-0.15, -0.1) is 0 Å². The fourth-order valence-corrected chi connectivity index (χ4v) is 2.77. The number of hydrogen-bond acceptors (Lipinski definition) is 4. The van der Waals surface area contributed by atoms with Crippen LogP contribution in [0.5, 0.6) is 0 Å². The SMILES string of the molecule is CCc1nc(C)c(CC(=O)N[C@H](C)c2c(C)n[nH]c2C)c(=O)[nH]1. The molecule has 0 spiro atoms. The number of carbonyl (C=O) groups is 1. The van der Waals surface area contributed by atoms with Gasteiger partial charge in [0.05, 0.1) is 18.2 Å². The summed E-state index contributed by atoms with van der Waals surface area (Å²) in [5, 5.41) is 9.96. The molecule has 2 heterocycles.